The van der Waals surface area contributed by atoms with Crippen molar-refractivity contribution in [2.75, 3.05) is 25.7 Å². The Balaban J connectivity index is 4.10. The Bertz CT molecular complexity index is 215. The molecule has 0 saturated heterocycles. The molecule has 0 aromatic heterocycles. The zero-order chi connectivity index (χ0) is 13.3. The van der Waals surface area contributed by atoms with Crippen molar-refractivity contribution in [3.8, 4) is 0 Å². The van der Waals surface area contributed by atoms with Crippen molar-refractivity contribution in [1.29, 1.82) is 0 Å². The number of rotatable bonds is 9. The Kier molecular flexibility index (Phi) is 9.59. The van der Waals surface area contributed by atoms with Crippen LogP contribution in [0.1, 0.15) is 26.7 Å². The number of nitrogens with two attached hydrogens (primary N) is 1. The minimum atomic E-state index is -0.234. The highest BCUT2D eigenvalue weighted by Gasteiger charge is 2.20. The zero-order valence-electron chi connectivity index (χ0n) is 11.4. The summed E-state index contributed by atoms with van der Waals surface area (Å²) < 4.78 is 4.78. The Morgan fingerprint density at radius 3 is 2.65 bits per heavy atom. The molecule has 0 aromatic carbocycles. The summed E-state index contributed by atoms with van der Waals surface area (Å²) in [5, 5.41) is 3.21. The summed E-state index contributed by atoms with van der Waals surface area (Å²) in [5.74, 6) is 1.20. The van der Waals surface area contributed by atoms with E-state index in [-0.39, 0.29) is 18.1 Å². The van der Waals surface area contributed by atoms with Crippen molar-refractivity contribution >= 4 is 17.7 Å². The molecule has 0 radical (unpaired) electrons. The van der Waals surface area contributed by atoms with Gasteiger partial charge in [0.25, 0.3) is 0 Å². The first-order chi connectivity index (χ1) is 8.06. The molecule has 17 heavy (non-hydrogen) atoms. The number of carbonyl (C=O) groups excluding carboxylic acids is 1. The van der Waals surface area contributed by atoms with Gasteiger partial charge >= 0.3 is 5.97 Å². The van der Waals surface area contributed by atoms with Crippen LogP contribution in [0.3, 0.4) is 0 Å². The van der Waals surface area contributed by atoms with Gasteiger partial charge in [0.05, 0.1) is 7.11 Å². The van der Waals surface area contributed by atoms with Crippen LogP contribution in [-0.4, -0.2) is 43.7 Å². The lowest BCUT2D eigenvalue weighted by molar-refractivity contribution is -0.143. The predicted octanol–water partition coefficient (Wildman–Crippen LogP) is 1.24. The minimum Gasteiger partial charge on any atom is -0.468 e. The van der Waals surface area contributed by atoms with E-state index in [1.165, 1.54) is 7.11 Å². The maximum atomic E-state index is 11.5. The molecule has 4 nitrogen and oxygen atoms in total. The average Bonchev–Trinajstić information content (AvgIpc) is 2.36. The van der Waals surface area contributed by atoms with E-state index in [0.717, 1.165) is 18.6 Å². The van der Waals surface area contributed by atoms with Gasteiger partial charge in [0.1, 0.15) is 6.04 Å². The predicted molar refractivity (Wildman–Crippen MR) is 74.2 cm³/mol. The van der Waals surface area contributed by atoms with E-state index in [2.05, 4.69) is 19.2 Å². The maximum absolute atomic E-state index is 11.5. The molecular formula is C12H26N2O2S. The third kappa shape index (κ3) is 6.91. The molecule has 0 aromatic rings. The quantitative estimate of drug-likeness (QED) is 0.612. The highest BCUT2D eigenvalue weighted by atomic mass is 32.2. The van der Waals surface area contributed by atoms with Crippen LogP contribution >= 0.6 is 11.8 Å². The number of carbonyl (C=O) groups is 1. The molecule has 0 fully saturated rings. The Hall–Kier alpha value is -0.260. The number of nitrogens with one attached hydrogen (secondary N) is 1. The summed E-state index contributed by atoms with van der Waals surface area (Å²) in [6, 6.07) is -0.149. The van der Waals surface area contributed by atoms with Crippen LogP contribution < -0.4 is 11.1 Å². The second-order valence-corrected chi connectivity index (χ2v) is 5.30. The molecule has 5 heteroatoms. The number of hydrogen-bond acceptors (Lipinski definition) is 5. The van der Waals surface area contributed by atoms with Gasteiger partial charge in [0, 0.05) is 12.6 Å². The molecule has 0 amide bonds. The lowest BCUT2D eigenvalue weighted by Crippen LogP contribution is -2.46. The minimum absolute atomic E-state index is 0.0847. The summed E-state index contributed by atoms with van der Waals surface area (Å²) in [5.41, 5.74) is 6.03. The smallest absolute Gasteiger partial charge is 0.322 e. The fourth-order valence-corrected chi connectivity index (χ4v) is 1.93. The lowest BCUT2D eigenvalue weighted by Gasteiger charge is -2.22. The van der Waals surface area contributed by atoms with Crippen molar-refractivity contribution in [1.82, 2.24) is 5.32 Å². The molecule has 3 N–H and O–H groups in total. The Morgan fingerprint density at radius 2 is 2.18 bits per heavy atom. The van der Waals surface area contributed by atoms with Crippen LogP contribution in [0.5, 0.6) is 0 Å². The van der Waals surface area contributed by atoms with Crippen LogP contribution in [0.2, 0.25) is 0 Å². The molecule has 102 valence electrons. The van der Waals surface area contributed by atoms with Gasteiger partial charge < -0.3 is 15.8 Å². The van der Waals surface area contributed by atoms with E-state index < -0.39 is 0 Å². The van der Waals surface area contributed by atoms with E-state index in [4.69, 9.17) is 10.5 Å². The third-order valence-electron chi connectivity index (χ3n) is 3.07. The topological polar surface area (TPSA) is 64.3 Å². The van der Waals surface area contributed by atoms with Gasteiger partial charge in [0.2, 0.25) is 0 Å². The summed E-state index contributed by atoms with van der Waals surface area (Å²) in [4.78, 5) is 11.5. The van der Waals surface area contributed by atoms with Gasteiger partial charge in [-0.05, 0) is 24.3 Å². The Morgan fingerprint density at radius 1 is 1.53 bits per heavy atom. The van der Waals surface area contributed by atoms with Gasteiger partial charge in [-0.3, -0.25) is 4.79 Å². The molecule has 0 bridgehead atoms. The number of methoxy groups -OCH3 is 1. The van der Waals surface area contributed by atoms with Gasteiger partial charge in [-0.1, -0.05) is 20.3 Å². The summed E-state index contributed by atoms with van der Waals surface area (Å²) in [6.07, 6.45) is 3.86. The van der Waals surface area contributed by atoms with E-state index in [1.807, 2.05) is 6.26 Å². The van der Waals surface area contributed by atoms with Gasteiger partial charge in [-0.2, -0.15) is 11.8 Å². The third-order valence-corrected chi connectivity index (χ3v) is 3.72. The molecule has 0 aliphatic heterocycles. The van der Waals surface area contributed by atoms with Crippen LogP contribution in [0.4, 0.5) is 0 Å². The zero-order valence-corrected chi connectivity index (χ0v) is 12.2. The maximum Gasteiger partial charge on any atom is 0.322 e. The largest absolute Gasteiger partial charge is 0.468 e. The van der Waals surface area contributed by atoms with Crippen LogP contribution in [0.15, 0.2) is 0 Å². The molecule has 0 saturated carbocycles. The molecule has 3 unspecified atom stereocenters. The fraction of sp³-hybridized carbons (Fsp3) is 0.917. The SMILES string of the molecule is CCC(C)C(N)CNC(CCSC)C(=O)OC. The van der Waals surface area contributed by atoms with E-state index in [1.54, 1.807) is 11.8 Å². The summed E-state index contributed by atoms with van der Waals surface area (Å²) in [6.45, 7) is 4.90. The number of thioether (sulfide) groups is 1. The van der Waals surface area contributed by atoms with Crippen LogP contribution in [0, 0.1) is 5.92 Å². The Labute approximate surface area is 109 Å². The van der Waals surface area contributed by atoms with Crippen molar-refractivity contribution in [2.24, 2.45) is 11.7 Å². The van der Waals surface area contributed by atoms with Crippen molar-refractivity contribution < 1.29 is 9.53 Å². The lowest BCUT2D eigenvalue weighted by atomic mass is 10.00. The monoisotopic (exact) mass is 262 g/mol. The normalized spacial score (nSPS) is 16.3. The molecule has 0 spiro atoms. The van der Waals surface area contributed by atoms with E-state index in [0.29, 0.717) is 12.5 Å². The highest BCUT2D eigenvalue weighted by molar-refractivity contribution is 7.98. The van der Waals surface area contributed by atoms with Gasteiger partial charge in [-0.15, -0.1) is 0 Å². The van der Waals surface area contributed by atoms with Gasteiger partial charge in [-0.25, -0.2) is 0 Å². The standard InChI is InChI=1S/C12H26N2O2S/c1-5-9(2)10(13)8-14-11(6-7-17-4)12(15)16-3/h9-11,14H,5-8,13H2,1-4H3. The number of ether oxygens (including phenoxy) is 1. The van der Waals surface area contributed by atoms with Crippen molar-refractivity contribution in [3.63, 3.8) is 0 Å². The summed E-state index contributed by atoms with van der Waals surface area (Å²) in [7, 11) is 1.42. The van der Waals surface area contributed by atoms with Crippen LogP contribution in [0.25, 0.3) is 0 Å². The first-order valence-electron chi connectivity index (χ1n) is 6.12. The van der Waals surface area contributed by atoms with Gasteiger partial charge in [0.15, 0.2) is 0 Å². The molecular weight excluding hydrogens is 236 g/mol. The molecule has 0 rings (SSSR count). The number of esters is 1. The molecule has 0 aliphatic rings. The first-order valence-corrected chi connectivity index (χ1v) is 7.51. The number of hydrogen-bond donors (Lipinski definition) is 2. The highest BCUT2D eigenvalue weighted by Crippen LogP contribution is 2.06. The first kappa shape index (κ1) is 16.7. The average molecular weight is 262 g/mol. The van der Waals surface area contributed by atoms with Crippen molar-refractivity contribution in [3.05, 3.63) is 0 Å². The van der Waals surface area contributed by atoms with E-state index >= 15 is 0 Å². The second kappa shape index (κ2) is 9.74. The van der Waals surface area contributed by atoms with E-state index in [9.17, 15) is 4.79 Å². The summed E-state index contributed by atoms with van der Waals surface area (Å²) >= 11 is 1.72. The molecule has 0 heterocycles. The molecule has 0 aliphatic carbocycles. The second-order valence-electron chi connectivity index (χ2n) is 4.31. The van der Waals surface area contributed by atoms with Crippen molar-refractivity contribution in [2.45, 2.75) is 38.8 Å². The van der Waals surface area contributed by atoms with Crippen LogP contribution in [-0.2, 0) is 9.53 Å². The fourth-order valence-electron chi connectivity index (χ4n) is 1.46. The molecule has 3 atom stereocenters.